The number of aliphatic carboxylic acids is 1. The molecule has 2 unspecified atom stereocenters. The lowest BCUT2D eigenvalue weighted by molar-refractivity contribution is -0.166. The number of carbonyl (C=O) groups is 2. The number of carboxylic acids is 1. The van der Waals surface area contributed by atoms with Crippen molar-refractivity contribution in [1.82, 2.24) is 0 Å². The number of ether oxygens (including phenoxy) is 1. The van der Waals surface area contributed by atoms with Gasteiger partial charge in [-0.1, -0.05) is 0 Å². The van der Waals surface area contributed by atoms with Gasteiger partial charge in [0.15, 0.2) is 6.10 Å². The van der Waals surface area contributed by atoms with Crippen LogP contribution in [-0.2, 0) is 14.3 Å². The minimum atomic E-state index is -1.20. The molecule has 0 spiro atoms. The monoisotopic (exact) mass is 176 g/mol. The highest BCUT2D eigenvalue weighted by molar-refractivity contribution is 5.78. The van der Waals surface area contributed by atoms with Gasteiger partial charge in [-0.2, -0.15) is 0 Å². The van der Waals surface area contributed by atoms with Gasteiger partial charge in [-0.05, 0) is 13.8 Å². The molecule has 0 heterocycles. The zero-order valence-corrected chi connectivity index (χ0v) is 6.98. The zero-order chi connectivity index (χ0) is 9.72. The van der Waals surface area contributed by atoms with Crippen LogP contribution in [0.1, 0.15) is 13.8 Å². The molecule has 0 amide bonds. The van der Waals surface area contributed by atoms with Crippen LogP contribution >= 0.6 is 0 Å². The summed E-state index contributed by atoms with van der Waals surface area (Å²) in [6.45, 7) is 2.37. The lowest BCUT2D eigenvalue weighted by atomic mass is 10.2. The maximum atomic E-state index is 10.8. The summed E-state index contributed by atoms with van der Waals surface area (Å²) < 4.78 is 4.47. The lowest BCUT2D eigenvalue weighted by Crippen LogP contribution is -2.28. The van der Waals surface area contributed by atoms with Crippen LogP contribution in [0, 0.1) is 5.92 Å². The van der Waals surface area contributed by atoms with Gasteiger partial charge in [0.2, 0.25) is 0 Å². The van der Waals surface area contributed by atoms with Crippen molar-refractivity contribution in [2.75, 3.05) is 6.61 Å². The van der Waals surface area contributed by atoms with E-state index in [-0.39, 0.29) is 6.61 Å². The Morgan fingerprint density at radius 1 is 1.42 bits per heavy atom. The first-order valence-corrected chi connectivity index (χ1v) is 3.53. The largest absolute Gasteiger partial charge is 0.479 e. The standard InChI is InChI=1S/C7H12O5/c1-4(3-8)7(11)12-5(2)6(9)10/h4-5,8H,3H2,1-2H3,(H,9,10). The molecule has 0 radical (unpaired) electrons. The molecule has 2 N–H and O–H groups in total. The fourth-order valence-corrected chi connectivity index (χ4v) is 0.415. The topological polar surface area (TPSA) is 83.8 Å². The second-order valence-corrected chi connectivity index (χ2v) is 2.50. The Labute approximate surface area is 70.0 Å². The number of hydrogen-bond acceptors (Lipinski definition) is 4. The first-order chi connectivity index (χ1) is 5.49. The van der Waals surface area contributed by atoms with E-state index >= 15 is 0 Å². The molecule has 0 aromatic rings. The maximum Gasteiger partial charge on any atom is 0.344 e. The van der Waals surface area contributed by atoms with Crippen LogP contribution in [0.2, 0.25) is 0 Å². The van der Waals surface area contributed by atoms with E-state index in [1.54, 1.807) is 0 Å². The van der Waals surface area contributed by atoms with Crippen LogP contribution in [0.4, 0.5) is 0 Å². The third kappa shape index (κ3) is 3.34. The second-order valence-electron chi connectivity index (χ2n) is 2.50. The Balaban J connectivity index is 3.92. The smallest absolute Gasteiger partial charge is 0.344 e. The summed E-state index contributed by atoms with van der Waals surface area (Å²) in [5.41, 5.74) is 0. The molecule has 0 saturated carbocycles. The molecule has 5 heteroatoms. The maximum absolute atomic E-state index is 10.8. The Hall–Kier alpha value is -1.10. The van der Waals surface area contributed by atoms with E-state index in [0.29, 0.717) is 0 Å². The van der Waals surface area contributed by atoms with Gasteiger partial charge >= 0.3 is 11.9 Å². The minimum absolute atomic E-state index is 0.342. The van der Waals surface area contributed by atoms with Crippen LogP contribution in [0.5, 0.6) is 0 Å². The highest BCUT2D eigenvalue weighted by Gasteiger charge is 2.20. The van der Waals surface area contributed by atoms with Gasteiger partial charge in [-0.3, -0.25) is 4.79 Å². The molecule has 0 aromatic heterocycles. The summed E-state index contributed by atoms with van der Waals surface area (Å²) in [5.74, 6) is -2.58. The third-order valence-electron chi connectivity index (χ3n) is 1.32. The summed E-state index contributed by atoms with van der Waals surface area (Å²) in [5, 5.41) is 16.9. The molecule has 0 aliphatic carbocycles. The predicted molar refractivity (Wildman–Crippen MR) is 39.4 cm³/mol. The Kier molecular flexibility index (Phi) is 4.28. The highest BCUT2D eigenvalue weighted by Crippen LogP contribution is 2.00. The van der Waals surface area contributed by atoms with Crippen LogP contribution in [-0.4, -0.2) is 34.9 Å². The van der Waals surface area contributed by atoms with Gasteiger partial charge in [0.25, 0.3) is 0 Å². The molecule has 2 atom stereocenters. The SMILES string of the molecule is CC(CO)C(=O)OC(C)C(=O)O. The number of carboxylic acid groups (broad SMARTS) is 1. The van der Waals surface area contributed by atoms with Crippen molar-refractivity contribution in [3.05, 3.63) is 0 Å². The first kappa shape index (κ1) is 10.9. The summed E-state index contributed by atoms with van der Waals surface area (Å²) in [7, 11) is 0. The molecule has 0 aliphatic heterocycles. The molecular weight excluding hydrogens is 164 g/mol. The third-order valence-corrected chi connectivity index (χ3v) is 1.32. The van der Waals surface area contributed by atoms with Crippen molar-refractivity contribution in [3.8, 4) is 0 Å². The Bertz CT molecular complexity index is 177. The van der Waals surface area contributed by atoms with Gasteiger partial charge in [0, 0.05) is 0 Å². The van der Waals surface area contributed by atoms with Gasteiger partial charge < -0.3 is 14.9 Å². The van der Waals surface area contributed by atoms with Crippen LogP contribution in [0.3, 0.4) is 0 Å². The Morgan fingerprint density at radius 2 is 1.92 bits per heavy atom. The van der Waals surface area contributed by atoms with Crippen molar-refractivity contribution in [3.63, 3.8) is 0 Å². The summed E-state index contributed by atoms with van der Waals surface area (Å²) in [4.78, 5) is 21.0. The van der Waals surface area contributed by atoms with Crippen molar-refractivity contribution < 1.29 is 24.5 Å². The number of aliphatic hydroxyl groups is 1. The average molecular weight is 176 g/mol. The van der Waals surface area contributed by atoms with Crippen molar-refractivity contribution >= 4 is 11.9 Å². The molecule has 70 valence electrons. The van der Waals surface area contributed by atoms with Crippen molar-refractivity contribution in [1.29, 1.82) is 0 Å². The van der Waals surface area contributed by atoms with Gasteiger partial charge in [0.05, 0.1) is 12.5 Å². The van der Waals surface area contributed by atoms with Crippen LogP contribution < -0.4 is 0 Å². The molecule has 0 rings (SSSR count). The number of esters is 1. The van der Waals surface area contributed by atoms with E-state index in [9.17, 15) is 9.59 Å². The summed E-state index contributed by atoms with van der Waals surface area (Å²) >= 11 is 0. The zero-order valence-electron chi connectivity index (χ0n) is 6.98. The molecule has 0 aromatic carbocycles. The Morgan fingerprint density at radius 3 is 2.25 bits per heavy atom. The summed E-state index contributed by atoms with van der Waals surface area (Å²) in [6.07, 6.45) is -1.16. The number of aliphatic hydroxyl groups excluding tert-OH is 1. The molecule has 0 saturated heterocycles. The van der Waals surface area contributed by atoms with E-state index < -0.39 is 24.0 Å². The molecule has 5 nitrogen and oxygen atoms in total. The quantitative estimate of drug-likeness (QED) is 0.571. The van der Waals surface area contributed by atoms with E-state index in [2.05, 4.69) is 4.74 Å². The summed E-state index contributed by atoms with van der Waals surface area (Å²) in [6, 6.07) is 0. The molecule has 0 bridgehead atoms. The van der Waals surface area contributed by atoms with Crippen molar-refractivity contribution in [2.45, 2.75) is 20.0 Å². The lowest BCUT2D eigenvalue weighted by Gasteiger charge is -2.11. The normalized spacial score (nSPS) is 14.9. The molecule has 0 aliphatic rings. The van der Waals surface area contributed by atoms with Gasteiger partial charge in [0.1, 0.15) is 0 Å². The van der Waals surface area contributed by atoms with Crippen LogP contribution in [0.25, 0.3) is 0 Å². The fourth-order valence-electron chi connectivity index (χ4n) is 0.415. The van der Waals surface area contributed by atoms with E-state index in [1.165, 1.54) is 13.8 Å². The second kappa shape index (κ2) is 4.71. The number of carbonyl (C=O) groups excluding carboxylic acids is 1. The molecule has 12 heavy (non-hydrogen) atoms. The number of hydrogen-bond donors (Lipinski definition) is 2. The van der Waals surface area contributed by atoms with Gasteiger partial charge in [-0.15, -0.1) is 0 Å². The first-order valence-electron chi connectivity index (χ1n) is 3.53. The number of rotatable bonds is 4. The predicted octanol–water partition coefficient (Wildman–Crippen LogP) is -0.369. The fraction of sp³-hybridized carbons (Fsp3) is 0.714. The molecular formula is C7H12O5. The molecule has 0 fully saturated rings. The van der Waals surface area contributed by atoms with Gasteiger partial charge in [-0.25, -0.2) is 4.79 Å². The van der Waals surface area contributed by atoms with Crippen LogP contribution in [0.15, 0.2) is 0 Å². The average Bonchev–Trinajstić information content (AvgIpc) is 2.02. The van der Waals surface area contributed by atoms with E-state index in [0.717, 1.165) is 0 Å². The highest BCUT2D eigenvalue weighted by atomic mass is 16.6. The van der Waals surface area contributed by atoms with E-state index in [4.69, 9.17) is 10.2 Å². The van der Waals surface area contributed by atoms with E-state index in [1.807, 2.05) is 0 Å². The minimum Gasteiger partial charge on any atom is -0.479 e. The van der Waals surface area contributed by atoms with Crippen molar-refractivity contribution in [2.24, 2.45) is 5.92 Å².